The van der Waals surface area contributed by atoms with Crippen molar-refractivity contribution in [1.29, 1.82) is 0 Å². The minimum atomic E-state index is -2.01. The van der Waals surface area contributed by atoms with E-state index in [0.29, 0.717) is 18.6 Å². The van der Waals surface area contributed by atoms with E-state index in [4.69, 9.17) is 25.9 Å². The summed E-state index contributed by atoms with van der Waals surface area (Å²) in [6.07, 6.45) is 0.984. The van der Waals surface area contributed by atoms with E-state index < -0.39 is 25.3 Å². The van der Waals surface area contributed by atoms with Crippen LogP contribution in [0, 0.1) is 0 Å². The molecule has 2 saturated heterocycles. The molecule has 0 aliphatic carbocycles. The van der Waals surface area contributed by atoms with Crippen molar-refractivity contribution < 1.29 is 18.5 Å². The third kappa shape index (κ3) is 7.22. The standard InChI is InChI=1S/C24H35N3O5PS3Si/c1-24(2,3)37(4,5)30-16-19-18(32-33(34)35-13-14-36-33)15-21(31-19)27-12-11-20(26-23(27)29)25-22(28)17-9-7-6-8-10-17/h6-12,18-19,21,34H,13-16H2,1-5H3,(H,25,26,28,29)/t18-,19+,21+/m0/s1. The second kappa shape index (κ2) is 11.7. The Morgan fingerprint density at radius 2 is 1.92 bits per heavy atom. The number of carbonyl (C=O) groups is 1. The molecular formula is C24H35N3O5PS3Si. The number of anilines is 1. The fourth-order valence-corrected chi connectivity index (χ4v) is 14.3. The third-order valence-electron chi connectivity index (χ3n) is 6.87. The first-order valence-corrected chi connectivity index (χ1v) is 21.2. The number of hydrogen-bond donors (Lipinski definition) is 2. The first-order chi connectivity index (χ1) is 17.4. The smallest absolute Gasteiger partial charge is 0.351 e. The predicted molar refractivity (Wildman–Crippen MR) is 160 cm³/mol. The van der Waals surface area contributed by atoms with E-state index in [0.717, 1.165) is 11.5 Å². The molecule has 1 amide bonds. The number of ether oxygens (including phenoxy) is 1. The molecule has 203 valence electrons. The maximum absolute atomic E-state index is 13.0. The van der Waals surface area contributed by atoms with Gasteiger partial charge in [0.2, 0.25) is 0 Å². The van der Waals surface area contributed by atoms with Gasteiger partial charge in [-0.1, -0.05) is 61.7 Å². The van der Waals surface area contributed by atoms with Crippen molar-refractivity contribution in [2.75, 3.05) is 23.4 Å². The first kappa shape index (κ1) is 29.1. The Kier molecular flexibility index (Phi) is 9.23. The number of amides is 1. The molecule has 2 fully saturated rings. The van der Waals surface area contributed by atoms with Crippen LogP contribution in [-0.2, 0) is 13.7 Å². The van der Waals surface area contributed by atoms with Crippen molar-refractivity contribution in [3.8, 4) is 0 Å². The lowest BCUT2D eigenvalue weighted by atomic mass is 10.2. The fourth-order valence-electron chi connectivity index (χ4n) is 3.69. The normalized spacial score (nSPS) is 23.8. The largest absolute Gasteiger partial charge is 0.414 e. The lowest BCUT2D eigenvalue weighted by molar-refractivity contribution is -0.0378. The summed E-state index contributed by atoms with van der Waals surface area (Å²) in [7, 11) is -2.01. The van der Waals surface area contributed by atoms with Crippen molar-refractivity contribution >= 4 is 60.1 Å². The van der Waals surface area contributed by atoms with E-state index >= 15 is 0 Å². The molecule has 0 bridgehead atoms. The van der Waals surface area contributed by atoms with Crippen LogP contribution in [-0.4, -0.2) is 54.1 Å². The molecule has 0 saturated carbocycles. The minimum absolute atomic E-state index is 0.0666. The SMILES string of the molecule is CC(C)(C)[Si](C)(C)OC[C@H]1O[C@@H](n2ccc(NC(=O)c3ccccc3)nc2=O)C[C@@H]1O[P]1(S)SCCS1. The van der Waals surface area contributed by atoms with Gasteiger partial charge in [0.15, 0.2) is 8.32 Å². The first-order valence-electron chi connectivity index (χ1n) is 12.2. The van der Waals surface area contributed by atoms with Crippen LogP contribution >= 0.6 is 40.1 Å². The van der Waals surface area contributed by atoms with Gasteiger partial charge in [0.1, 0.15) is 23.2 Å². The highest BCUT2D eigenvalue weighted by molar-refractivity contribution is 9.15. The van der Waals surface area contributed by atoms with E-state index in [1.54, 1.807) is 59.3 Å². The Morgan fingerprint density at radius 3 is 2.54 bits per heavy atom. The lowest BCUT2D eigenvalue weighted by Crippen LogP contribution is -2.44. The molecule has 1 aromatic carbocycles. The number of carbonyl (C=O) groups excluding carboxylic acids is 1. The summed E-state index contributed by atoms with van der Waals surface area (Å²) < 4.78 is 20.9. The van der Waals surface area contributed by atoms with Crippen LogP contribution in [0.3, 0.4) is 0 Å². The van der Waals surface area contributed by atoms with Crippen LogP contribution < -0.4 is 11.0 Å². The zero-order valence-corrected chi connectivity index (χ0v) is 26.2. The third-order valence-corrected chi connectivity index (χ3v) is 21.4. The fraction of sp³-hybridized carbons (Fsp3) is 0.542. The lowest BCUT2D eigenvalue weighted by Gasteiger charge is -2.37. The topological polar surface area (TPSA) is 91.7 Å². The molecule has 13 heteroatoms. The van der Waals surface area contributed by atoms with Crippen LogP contribution in [0.5, 0.6) is 0 Å². The van der Waals surface area contributed by atoms with Gasteiger partial charge >= 0.3 is 5.69 Å². The monoisotopic (exact) mass is 600 g/mol. The molecule has 2 aromatic rings. The average Bonchev–Trinajstić information content (AvgIpc) is 3.43. The van der Waals surface area contributed by atoms with Gasteiger partial charge in [-0.25, -0.2) is 4.79 Å². The van der Waals surface area contributed by atoms with Crippen molar-refractivity contribution in [2.24, 2.45) is 0 Å². The van der Waals surface area contributed by atoms with Gasteiger partial charge in [0.05, 0.1) is 12.7 Å². The zero-order valence-electron chi connectivity index (χ0n) is 21.7. The molecule has 2 aliphatic rings. The molecule has 0 spiro atoms. The van der Waals surface area contributed by atoms with Crippen molar-refractivity contribution in [1.82, 2.24) is 9.55 Å². The molecule has 37 heavy (non-hydrogen) atoms. The molecular weight excluding hydrogens is 566 g/mol. The molecule has 2 aliphatic heterocycles. The van der Waals surface area contributed by atoms with Crippen LogP contribution in [0.4, 0.5) is 5.82 Å². The highest BCUT2D eigenvalue weighted by atomic mass is 33.4. The quantitative estimate of drug-likeness (QED) is 0.208. The zero-order chi connectivity index (χ0) is 26.8. The maximum Gasteiger partial charge on any atom is 0.351 e. The number of nitrogens with one attached hydrogen (secondary N) is 1. The molecule has 3 heterocycles. The Labute approximate surface area is 233 Å². The van der Waals surface area contributed by atoms with Gasteiger partial charge in [-0.15, -0.1) is 12.2 Å². The summed E-state index contributed by atoms with van der Waals surface area (Å²) in [5.41, 5.74) is -0.00980. The van der Waals surface area contributed by atoms with Crippen LogP contribution in [0.1, 0.15) is 43.8 Å². The summed E-state index contributed by atoms with van der Waals surface area (Å²) in [4.78, 5) is 29.5. The van der Waals surface area contributed by atoms with Gasteiger partial charge in [-0.3, -0.25) is 9.36 Å². The van der Waals surface area contributed by atoms with E-state index in [-0.39, 0.29) is 29.0 Å². The summed E-state index contributed by atoms with van der Waals surface area (Å²) in [6.45, 7) is 11.4. The Bertz CT molecular complexity index is 1160. The molecule has 4 rings (SSSR count). The van der Waals surface area contributed by atoms with Crippen LogP contribution in [0.15, 0.2) is 47.4 Å². The summed E-state index contributed by atoms with van der Waals surface area (Å²) in [5.74, 6) is 1.90. The average molecular weight is 601 g/mol. The molecule has 8 nitrogen and oxygen atoms in total. The van der Waals surface area contributed by atoms with E-state index in [1.165, 1.54) is 4.57 Å². The summed E-state index contributed by atoms with van der Waals surface area (Å²) in [6, 6.07) is 10.4. The highest BCUT2D eigenvalue weighted by Gasteiger charge is 2.45. The second-order valence-corrected chi connectivity index (χ2v) is 26.5. The predicted octanol–water partition coefficient (Wildman–Crippen LogP) is 6.28. The minimum Gasteiger partial charge on any atom is -0.414 e. The molecule has 3 atom stereocenters. The highest BCUT2D eigenvalue weighted by Crippen LogP contribution is 2.87. The van der Waals surface area contributed by atoms with Gasteiger partial charge in [0.25, 0.3) is 5.91 Å². The van der Waals surface area contributed by atoms with Gasteiger partial charge < -0.3 is 19.0 Å². The maximum atomic E-state index is 13.0. The van der Waals surface area contributed by atoms with Crippen LogP contribution in [0.2, 0.25) is 18.1 Å². The van der Waals surface area contributed by atoms with E-state index in [9.17, 15) is 9.59 Å². The number of rotatable bonds is 8. The summed E-state index contributed by atoms with van der Waals surface area (Å²) in [5, 5.41) is 0.816. The number of benzene rings is 1. The number of thiol groups is 1. The molecule has 0 unspecified atom stereocenters. The van der Waals surface area contributed by atoms with E-state index in [1.807, 2.05) is 6.07 Å². The van der Waals surface area contributed by atoms with Crippen molar-refractivity contribution in [3.63, 3.8) is 0 Å². The van der Waals surface area contributed by atoms with Crippen molar-refractivity contribution in [3.05, 3.63) is 58.6 Å². The Morgan fingerprint density at radius 1 is 1.24 bits per heavy atom. The molecule has 1 aromatic heterocycles. The number of hydrogen-bond acceptors (Lipinski definition) is 9. The molecule has 1 N–H and O–H groups in total. The van der Waals surface area contributed by atoms with Crippen LogP contribution in [0.25, 0.3) is 0 Å². The number of nitrogens with zero attached hydrogens (tertiary/aromatic N) is 2. The summed E-state index contributed by atoms with van der Waals surface area (Å²) >= 11 is 8.44. The Hall–Kier alpha value is -0.853. The van der Waals surface area contributed by atoms with Gasteiger partial charge in [-0.05, 0) is 36.3 Å². The van der Waals surface area contributed by atoms with Gasteiger partial charge in [0, 0.05) is 29.7 Å². The van der Waals surface area contributed by atoms with Crippen molar-refractivity contribution in [2.45, 2.75) is 63.8 Å². The number of aromatic nitrogens is 2. The Balaban J connectivity index is 1.49. The van der Waals surface area contributed by atoms with Gasteiger partial charge in [-0.2, -0.15) is 4.98 Å². The molecule has 1 radical (unpaired) electrons. The van der Waals surface area contributed by atoms with E-state index in [2.05, 4.69) is 44.2 Å². The second-order valence-electron chi connectivity index (χ2n) is 10.5.